The molecule has 1 aliphatic heterocycles. The van der Waals surface area contributed by atoms with Gasteiger partial charge < -0.3 is 9.84 Å². The number of hydrogen-bond acceptors (Lipinski definition) is 11. The number of phenolic OH excluding ortho intramolecular Hbond substituents is 1. The topological polar surface area (TPSA) is 167 Å². The van der Waals surface area contributed by atoms with Gasteiger partial charge in [-0.05, 0) is 31.4 Å². The van der Waals surface area contributed by atoms with E-state index in [0.29, 0.717) is 16.6 Å². The molecule has 0 bridgehead atoms. The fourth-order valence-electron chi connectivity index (χ4n) is 3.63. The van der Waals surface area contributed by atoms with Gasteiger partial charge in [0.05, 0.1) is 38.3 Å². The molecule has 0 radical (unpaired) electrons. The fourth-order valence-corrected chi connectivity index (χ4v) is 5.49. The van der Waals surface area contributed by atoms with E-state index in [-0.39, 0.29) is 27.1 Å². The van der Waals surface area contributed by atoms with Gasteiger partial charge in [-0.15, -0.1) is 11.3 Å². The summed E-state index contributed by atoms with van der Waals surface area (Å²) in [5, 5.41) is 34.7. The van der Waals surface area contributed by atoms with E-state index in [1.54, 1.807) is 31.4 Å². The van der Waals surface area contributed by atoms with Crippen molar-refractivity contribution in [2.75, 3.05) is 6.61 Å². The number of esters is 1. The third-order valence-electron chi connectivity index (χ3n) is 5.13. The summed E-state index contributed by atoms with van der Waals surface area (Å²) in [6.45, 7) is 3.41. The van der Waals surface area contributed by atoms with Crippen molar-refractivity contribution >= 4 is 46.1 Å². The number of allylic oxidation sites excluding steroid dienone is 1. The number of aromatic nitrogens is 1. The molecule has 12 nitrogen and oxygen atoms in total. The lowest BCUT2D eigenvalue weighted by Crippen LogP contribution is -2.39. The van der Waals surface area contributed by atoms with Crippen molar-refractivity contribution in [1.82, 2.24) is 4.57 Å². The van der Waals surface area contributed by atoms with Gasteiger partial charge >= 0.3 is 11.7 Å². The predicted molar refractivity (Wildman–Crippen MR) is 126 cm³/mol. The maximum absolute atomic E-state index is 13.5. The number of nitro benzene ring substituents is 2. The van der Waals surface area contributed by atoms with E-state index in [0.717, 1.165) is 23.5 Å². The molecule has 180 valence electrons. The molecule has 0 spiro atoms. The molecule has 2 aromatic heterocycles. The second-order valence-electron chi connectivity index (χ2n) is 7.23. The molecule has 35 heavy (non-hydrogen) atoms. The lowest BCUT2D eigenvalue weighted by molar-refractivity contribution is -0.394. The molecule has 1 atom stereocenters. The molecule has 0 amide bonds. The first-order valence-corrected chi connectivity index (χ1v) is 11.7. The van der Waals surface area contributed by atoms with Gasteiger partial charge in [-0.2, -0.15) is 0 Å². The molecule has 1 aliphatic rings. The molecular formula is C21H16N4O8S2. The molecular weight excluding hydrogens is 500 g/mol. The van der Waals surface area contributed by atoms with Crippen LogP contribution in [0.5, 0.6) is 5.75 Å². The summed E-state index contributed by atoms with van der Waals surface area (Å²) in [4.78, 5) is 52.3. The molecule has 14 heteroatoms. The predicted octanol–water partition coefficient (Wildman–Crippen LogP) is 2.38. The number of nitrogens with zero attached hydrogens (tertiary/aromatic N) is 4. The van der Waals surface area contributed by atoms with Crippen LogP contribution in [-0.4, -0.2) is 32.1 Å². The lowest BCUT2D eigenvalue weighted by atomic mass is 10.0. The lowest BCUT2D eigenvalue weighted by Gasteiger charge is -2.23. The second kappa shape index (κ2) is 9.23. The van der Waals surface area contributed by atoms with E-state index in [9.17, 15) is 34.9 Å². The summed E-state index contributed by atoms with van der Waals surface area (Å²) in [5.74, 6) is -1.43. The summed E-state index contributed by atoms with van der Waals surface area (Å²) in [7, 11) is 0. The van der Waals surface area contributed by atoms with Gasteiger partial charge in [-0.1, -0.05) is 17.4 Å². The minimum atomic E-state index is -0.951. The van der Waals surface area contributed by atoms with E-state index in [1.807, 2.05) is 0 Å². The zero-order chi connectivity index (χ0) is 25.4. The number of rotatable bonds is 6. The van der Waals surface area contributed by atoms with Crippen molar-refractivity contribution < 1.29 is 24.5 Å². The van der Waals surface area contributed by atoms with Gasteiger partial charge in [-0.25, -0.2) is 9.79 Å². The Labute approximate surface area is 203 Å². The van der Waals surface area contributed by atoms with Gasteiger partial charge in [0.1, 0.15) is 6.04 Å². The van der Waals surface area contributed by atoms with Crippen LogP contribution >= 0.6 is 22.7 Å². The molecule has 4 rings (SSSR count). The van der Waals surface area contributed by atoms with Crippen LogP contribution in [0.2, 0.25) is 0 Å². The summed E-state index contributed by atoms with van der Waals surface area (Å²) in [6.07, 6.45) is 1.13. The number of thiazole rings is 1. The summed E-state index contributed by atoms with van der Waals surface area (Å²) >= 11 is 2.25. The first-order valence-electron chi connectivity index (χ1n) is 10.0. The van der Waals surface area contributed by atoms with E-state index < -0.39 is 44.5 Å². The summed E-state index contributed by atoms with van der Waals surface area (Å²) in [5.41, 5.74) is -1.79. The fraction of sp³-hybridized carbons (Fsp3) is 0.190. The van der Waals surface area contributed by atoms with E-state index in [1.165, 1.54) is 15.9 Å². The Morgan fingerprint density at radius 3 is 2.66 bits per heavy atom. The number of ether oxygens (including phenoxy) is 1. The zero-order valence-electron chi connectivity index (χ0n) is 18.2. The van der Waals surface area contributed by atoms with Gasteiger partial charge in [0.15, 0.2) is 4.80 Å². The number of benzene rings is 1. The van der Waals surface area contributed by atoms with Crippen LogP contribution < -0.4 is 14.9 Å². The molecule has 0 saturated carbocycles. The van der Waals surface area contributed by atoms with E-state index in [4.69, 9.17) is 4.74 Å². The van der Waals surface area contributed by atoms with Crippen LogP contribution in [0.3, 0.4) is 0 Å². The average Bonchev–Trinajstić information content (AvgIpc) is 3.42. The highest BCUT2D eigenvalue weighted by Gasteiger charge is 2.34. The minimum Gasteiger partial charge on any atom is -0.502 e. The Morgan fingerprint density at radius 2 is 2.06 bits per heavy atom. The second-order valence-corrected chi connectivity index (χ2v) is 9.22. The van der Waals surface area contributed by atoms with E-state index >= 15 is 0 Å². The number of aromatic hydroxyl groups is 1. The molecule has 0 saturated heterocycles. The third kappa shape index (κ3) is 4.24. The maximum atomic E-state index is 13.5. The largest absolute Gasteiger partial charge is 0.502 e. The highest BCUT2D eigenvalue weighted by molar-refractivity contribution is 7.10. The van der Waals surface area contributed by atoms with Crippen molar-refractivity contribution in [2.45, 2.75) is 19.9 Å². The molecule has 3 heterocycles. The first-order chi connectivity index (χ1) is 16.6. The Morgan fingerprint density at radius 1 is 1.31 bits per heavy atom. The minimum absolute atomic E-state index is 0.00770. The average molecular weight is 517 g/mol. The highest BCUT2D eigenvalue weighted by atomic mass is 32.1. The Kier molecular flexibility index (Phi) is 6.32. The number of nitro groups is 2. The monoisotopic (exact) mass is 516 g/mol. The van der Waals surface area contributed by atoms with Crippen molar-refractivity contribution in [1.29, 1.82) is 0 Å². The quantitative estimate of drug-likeness (QED) is 0.296. The van der Waals surface area contributed by atoms with Gasteiger partial charge in [0.2, 0.25) is 5.75 Å². The van der Waals surface area contributed by atoms with Crippen LogP contribution in [0.1, 0.15) is 30.3 Å². The number of fused-ring (bicyclic) bond motifs is 1. The number of carbonyl (C=O) groups is 1. The SMILES string of the molecule is CCOC(=O)C1=C(C)N=c2s/c(=C\c3cc([N+](=O)[O-])cc([N+](=O)[O-])c3O)c(=O)n2[C@H]1c1cccs1. The van der Waals surface area contributed by atoms with Crippen LogP contribution in [0, 0.1) is 20.2 Å². The van der Waals surface area contributed by atoms with Crippen LogP contribution in [-0.2, 0) is 9.53 Å². The molecule has 0 unspecified atom stereocenters. The Bertz CT molecular complexity index is 1580. The number of phenols is 1. The maximum Gasteiger partial charge on any atom is 0.338 e. The smallest absolute Gasteiger partial charge is 0.338 e. The first kappa shape index (κ1) is 24.0. The molecule has 3 aromatic rings. The van der Waals surface area contributed by atoms with Crippen LogP contribution in [0.4, 0.5) is 11.4 Å². The molecule has 1 aromatic carbocycles. The van der Waals surface area contributed by atoms with Gasteiger partial charge in [0, 0.05) is 16.5 Å². The van der Waals surface area contributed by atoms with Crippen LogP contribution in [0.25, 0.3) is 6.08 Å². The number of thiophene rings is 1. The normalized spacial score (nSPS) is 15.5. The van der Waals surface area contributed by atoms with Gasteiger partial charge in [0.25, 0.3) is 11.2 Å². The van der Waals surface area contributed by atoms with E-state index in [2.05, 4.69) is 4.99 Å². The molecule has 1 N–H and O–H groups in total. The van der Waals surface area contributed by atoms with Crippen molar-refractivity contribution in [3.63, 3.8) is 0 Å². The van der Waals surface area contributed by atoms with Crippen molar-refractivity contribution in [3.05, 3.63) is 91.3 Å². The number of carbonyl (C=O) groups excluding carboxylic acids is 1. The summed E-state index contributed by atoms with van der Waals surface area (Å²) < 4.78 is 6.51. The Hall–Kier alpha value is -4.17. The Balaban J connectivity index is 1.98. The molecule has 0 aliphatic carbocycles. The highest BCUT2D eigenvalue weighted by Crippen LogP contribution is 2.35. The van der Waals surface area contributed by atoms with Gasteiger partial charge in [-0.3, -0.25) is 29.6 Å². The molecule has 0 fully saturated rings. The number of hydrogen-bond donors (Lipinski definition) is 1. The summed E-state index contributed by atoms with van der Waals surface area (Å²) in [6, 6.07) is 4.29. The standard InChI is InChI=1S/C21H16N4O8S2/c1-3-33-20(28)16-10(2)22-21-23(17(16)14-5-4-6-34-14)19(27)15(35-21)8-11-7-12(24(29)30)9-13(18(11)26)25(31)32/h4-9,17,26H,3H2,1-2H3/b15-8-/t17-/m0/s1. The number of non-ortho nitro benzene ring substituents is 1. The van der Waals surface area contributed by atoms with Crippen LogP contribution in [0.15, 0.2) is 50.7 Å². The van der Waals surface area contributed by atoms with Crippen molar-refractivity contribution in [2.24, 2.45) is 4.99 Å². The van der Waals surface area contributed by atoms with Crippen molar-refractivity contribution in [3.8, 4) is 5.75 Å². The third-order valence-corrected chi connectivity index (χ3v) is 7.04. The zero-order valence-corrected chi connectivity index (χ0v) is 19.8.